The Labute approximate surface area is 121 Å². The largest absolute Gasteiger partial charge is 0.388 e. The van der Waals surface area contributed by atoms with Gasteiger partial charge in [-0.1, -0.05) is 22.0 Å². The van der Waals surface area contributed by atoms with Gasteiger partial charge in [0.15, 0.2) is 0 Å². The second-order valence-electron chi connectivity index (χ2n) is 4.20. The van der Waals surface area contributed by atoms with Crippen LogP contribution in [0.25, 0.3) is 0 Å². The summed E-state index contributed by atoms with van der Waals surface area (Å²) in [6.07, 6.45) is -2.25. The van der Waals surface area contributed by atoms with E-state index in [1.165, 1.54) is 6.07 Å². The summed E-state index contributed by atoms with van der Waals surface area (Å²) in [4.78, 5) is 0. The van der Waals surface area contributed by atoms with Crippen LogP contribution in [-0.4, -0.2) is 5.11 Å². The van der Waals surface area contributed by atoms with Crippen LogP contribution in [0.1, 0.15) is 17.2 Å². The van der Waals surface area contributed by atoms with Crippen molar-refractivity contribution in [1.82, 2.24) is 0 Å². The minimum atomic E-state index is -1.69. The van der Waals surface area contributed by atoms with Crippen LogP contribution in [-0.2, 0) is 6.42 Å². The molecule has 106 valence electrons. The van der Waals surface area contributed by atoms with E-state index in [-0.39, 0.29) is 4.47 Å². The molecular weight excluding hydrogens is 340 g/mol. The maximum atomic E-state index is 13.6. The summed E-state index contributed by atoms with van der Waals surface area (Å²) >= 11 is 2.90. The standard InChI is InChI=1S/C14H9BrF4O/c15-7-4-11(18)14(12(19)5-7)13(20)6-8-9(16)2-1-3-10(8)17/h1-5,13,20H,6H2. The molecule has 0 radical (unpaired) electrons. The van der Waals surface area contributed by atoms with Crippen LogP contribution < -0.4 is 0 Å². The first-order valence-corrected chi connectivity index (χ1v) is 6.45. The lowest BCUT2D eigenvalue weighted by Crippen LogP contribution is -2.10. The van der Waals surface area contributed by atoms with Gasteiger partial charge >= 0.3 is 0 Å². The van der Waals surface area contributed by atoms with Crippen molar-refractivity contribution in [3.05, 3.63) is 69.2 Å². The fourth-order valence-corrected chi connectivity index (χ4v) is 2.30. The number of hydrogen-bond acceptors (Lipinski definition) is 1. The van der Waals surface area contributed by atoms with Crippen LogP contribution in [0.2, 0.25) is 0 Å². The molecule has 0 saturated carbocycles. The third-order valence-electron chi connectivity index (χ3n) is 2.84. The molecule has 20 heavy (non-hydrogen) atoms. The van der Waals surface area contributed by atoms with Crippen molar-refractivity contribution in [2.45, 2.75) is 12.5 Å². The number of hydrogen-bond donors (Lipinski definition) is 1. The number of aliphatic hydroxyl groups is 1. The summed E-state index contributed by atoms with van der Waals surface area (Å²) in [5.41, 5.74) is -1.03. The minimum Gasteiger partial charge on any atom is -0.388 e. The predicted octanol–water partition coefficient (Wildman–Crippen LogP) is 4.28. The lowest BCUT2D eigenvalue weighted by molar-refractivity contribution is 0.165. The molecule has 0 spiro atoms. The Morgan fingerprint density at radius 2 is 1.45 bits per heavy atom. The van der Waals surface area contributed by atoms with Gasteiger partial charge in [0.05, 0.1) is 11.7 Å². The molecule has 1 atom stereocenters. The summed E-state index contributed by atoms with van der Waals surface area (Å²) in [6, 6.07) is 5.14. The fourth-order valence-electron chi connectivity index (χ4n) is 1.89. The minimum absolute atomic E-state index is 0.167. The molecule has 1 unspecified atom stereocenters. The Kier molecular flexibility index (Phi) is 4.45. The van der Waals surface area contributed by atoms with Crippen molar-refractivity contribution in [2.75, 3.05) is 0 Å². The van der Waals surface area contributed by atoms with Gasteiger partial charge < -0.3 is 5.11 Å². The third-order valence-corrected chi connectivity index (χ3v) is 3.29. The second-order valence-corrected chi connectivity index (χ2v) is 5.12. The second kappa shape index (κ2) is 5.93. The van der Waals surface area contributed by atoms with Gasteiger partial charge in [-0.2, -0.15) is 0 Å². The molecule has 0 saturated heterocycles. The van der Waals surface area contributed by atoms with Crippen molar-refractivity contribution >= 4 is 15.9 Å². The van der Waals surface area contributed by atoms with Crippen molar-refractivity contribution < 1.29 is 22.7 Å². The highest BCUT2D eigenvalue weighted by molar-refractivity contribution is 9.10. The van der Waals surface area contributed by atoms with Crippen molar-refractivity contribution in [3.8, 4) is 0 Å². The first-order chi connectivity index (χ1) is 9.40. The Morgan fingerprint density at radius 1 is 0.950 bits per heavy atom. The zero-order valence-corrected chi connectivity index (χ0v) is 11.6. The molecule has 0 bridgehead atoms. The van der Waals surface area contributed by atoms with E-state index in [4.69, 9.17) is 0 Å². The fraction of sp³-hybridized carbons (Fsp3) is 0.143. The average molecular weight is 349 g/mol. The molecule has 2 aromatic carbocycles. The molecule has 2 aromatic rings. The molecule has 0 amide bonds. The maximum Gasteiger partial charge on any atom is 0.133 e. The summed E-state index contributed by atoms with van der Waals surface area (Å²) in [6.45, 7) is 0. The molecule has 1 N–H and O–H groups in total. The number of rotatable bonds is 3. The van der Waals surface area contributed by atoms with E-state index >= 15 is 0 Å². The lowest BCUT2D eigenvalue weighted by atomic mass is 9.99. The molecule has 6 heteroatoms. The molecule has 0 fully saturated rings. The molecule has 0 aliphatic carbocycles. The van der Waals surface area contributed by atoms with Crippen LogP contribution >= 0.6 is 15.9 Å². The molecule has 0 aliphatic heterocycles. The van der Waals surface area contributed by atoms with Crippen molar-refractivity contribution in [2.24, 2.45) is 0 Å². The van der Waals surface area contributed by atoms with E-state index in [1.807, 2.05) is 0 Å². The Hall–Kier alpha value is -1.40. The Morgan fingerprint density at radius 3 is 1.95 bits per heavy atom. The van der Waals surface area contributed by atoms with E-state index in [1.54, 1.807) is 0 Å². The Balaban J connectivity index is 2.36. The normalized spacial score (nSPS) is 12.5. The first kappa shape index (κ1) is 15.0. The van der Waals surface area contributed by atoms with Crippen LogP contribution in [0, 0.1) is 23.3 Å². The molecule has 2 rings (SSSR count). The smallest absolute Gasteiger partial charge is 0.133 e. The van der Waals surface area contributed by atoms with E-state index in [9.17, 15) is 22.7 Å². The van der Waals surface area contributed by atoms with Gasteiger partial charge in [0.25, 0.3) is 0 Å². The number of aliphatic hydroxyl groups excluding tert-OH is 1. The van der Waals surface area contributed by atoms with Gasteiger partial charge in [0.1, 0.15) is 23.3 Å². The highest BCUT2D eigenvalue weighted by Gasteiger charge is 2.22. The van der Waals surface area contributed by atoms with Gasteiger partial charge in [-0.3, -0.25) is 0 Å². The van der Waals surface area contributed by atoms with Crippen molar-refractivity contribution in [1.29, 1.82) is 0 Å². The van der Waals surface area contributed by atoms with Crippen molar-refractivity contribution in [3.63, 3.8) is 0 Å². The average Bonchev–Trinajstić information content (AvgIpc) is 2.32. The van der Waals surface area contributed by atoms with Gasteiger partial charge in [-0.25, -0.2) is 17.6 Å². The number of benzene rings is 2. The van der Waals surface area contributed by atoms with Crippen LogP contribution in [0.15, 0.2) is 34.8 Å². The lowest BCUT2D eigenvalue weighted by Gasteiger charge is -2.14. The summed E-state index contributed by atoms with van der Waals surface area (Å²) in [5.74, 6) is -3.72. The maximum absolute atomic E-state index is 13.6. The molecular formula is C14H9BrF4O. The van der Waals surface area contributed by atoms with Crippen LogP contribution in [0.5, 0.6) is 0 Å². The predicted molar refractivity (Wildman–Crippen MR) is 69.1 cm³/mol. The van der Waals surface area contributed by atoms with Gasteiger partial charge in [-0.05, 0) is 24.3 Å². The Bertz CT molecular complexity index is 602. The van der Waals surface area contributed by atoms with Gasteiger partial charge in [0.2, 0.25) is 0 Å². The zero-order valence-electron chi connectivity index (χ0n) is 10.0. The number of halogens is 5. The monoisotopic (exact) mass is 348 g/mol. The van der Waals surface area contributed by atoms with Crippen LogP contribution in [0.4, 0.5) is 17.6 Å². The SMILES string of the molecule is OC(Cc1c(F)cccc1F)c1c(F)cc(Br)cc1F. The highest BCUT2D eigenvalue weighted by Crippen LogP contribution is 2.28. The van der Waals surface area contributed by atoms with E-state index in [0.29, 0.717) is 0 Å². The summed E-state index contributed by atoms with van der Waals surface area (Å²) in [7, 11) is 0. The van der Waals surface area contributed by atoms with E-state index < -0.39 is 46.9 Å². The highest BCUT2D eigenvalue weighted by atomic mass is 79.9. The van der Waals surface area contributed by atoms with Crippen LogP contribution in [0.3, 0.4) is 0 Å². The van der Waals surface area contributed by atoms with Gasteiger partial charge in [0, 0.05) is 16.5 Å². The topological polar surface area (TPSA) is 20.2 Å². The molecule has 0 aliphatic rings. The quantitative estimate of drug-likeness (QED) is 0.820. The summed E-state index contributed by atoms with van der Waals surface area (Å²) < 4.78 is 54.4. The third kappa shape index (κ3) is 3.02. The van der Waals surface area contributed by atoms with E-state index in [0.717, 1.165) is 24.3 Å². The molecule has 1 nitrogen and oxygen atoms in total. The van der Waals surface area contributed by atoms with Gasteiger partial charge in [-0.15, -0.1) is 0 Å². The van der Waals surface area contributed by atoms with E-state index in [2.05, 4.69) is 15.9 Å². The molecule has 0 aromatic heterocycles. The molecule has 0 heterocycles. The summed E-state index contributed by atoms with van der Waals surface area (Å²) in [5, 5.41) is 9.85. The zero-order chi connectivity index (χ0) is 14.9. The first-order valence-electron chi connectivity index (χ1n) is 5.65.